The summed E-state index contributed by atoms with van der Waals surface area (Å²) >= 11 is 0. The van der Waals surface area contributed by atoms with Crippen molar-refractivity contribution in [2.75, 3.05) is 45.7 Å². The molecule has 0 unspecified atom stereocenters. The van der Waals surface area contributed by atoms with Gasteiger partial charge in [-0.2, -0.15) is 0 Å². The molecule has 10 heteroatoms. The van der Waals surface area contributed by atoms with E-state index in [2.05, 4.69) is 9.88 Å². The van der Waals surface area contributed by atoms with Gasteiger partial charge in [0.1, 0.15) is 23.2 Å². The van der Waals surface area contributed by atoms with Crippen LogP contribution in [-0.2, 0) is 11.2 Å². The Morgan fingerprint density at radius 2 is 1.82 bits per heavy atom. The Bertz CT molecular complexity index is 1340. The van der Waals surface area contributed by atoms with E-state index in [1.165, 1.54) is 0 Å². The molecule has 2 heterocycles. The summed E-state index contributed by atoms with van der Waals surface area (Å²) in [6.45, 7) is 1.59. The number of halogens is 3. The van der Waals surface area contributed by atoms with Crippen molar-refractivity contribution in [1.82, 2.24) is 9.88 Å². The van der Waals surface area contributed by atoms with Crippen LogP contribution in [-0.4, -0.2) is 66.9 Å². The van der Waals surface area contributed by atoms with Gasteiger partial charge in [-0.05, 0) is 76.4 Å². The molecule has 1 aliphatic rings. The predicted molar refractivity (Wildman–Crippen MR) is 147 cm³/mol. The van der Waals surface area contributed by atoms with Crippen molar-refractivity contribution in [3.05, 3.63) is 65.1 Å². The third kappa shape index (κ3) is 6.33. The van der Waals surface area contributed by atoms with Gasteiger partial charge in [0.2, 0.25) is 0 Å². The molecule has 0 amide bonds. The number of pyridine rings is 1. The van der Waals surface area contributed by atoms with Crippen LogP contribution in [0.5, 0.6) is 5.75 Å². The molecule has 0 bridgehead atoms. The molecule has 1 atom stereocenters. The number of hydrogen-bond donors (Lipinski definition) is 2. The maximum Gasteiger partial charge on any atom is 0.309 e. The number of anilines is 1. The second-order valence-electron chi connectivity index (χ2n) is 10.8. The fraction of sp³-hybridized carbons (Fsp3) is 0.467. The average Bonchev–Trinajstić information content (AvgIpc) is 2.92. The fourth-order valence-electron chi connectivity index (χ4n) is 5.64. The van der Waals surface area contributed by atoms with Crippen LogP contribution in [0.25, 0.3) is 10.9 Å². The van der Waals surface area contributed by atoms with Gasteiger partial charge >= 0.3 is 5.97 Å². The number of rotatable bonds is 11. The number of ether oxygens (including phenoxy) is 1. The van der Waals surface area contributed by atoms with Gasteiger partial charge in [-0.3, -0.25) is 9.78 Å². The molecule has 7 nitrogen and oxygen atoms in total. The fourth-order valence-corrected chi connectivity index (χ4v) is 5.64. The number of benzene rings is 2. The summed E-state index contributed by atoms with van der Waals surface area (Å²) in [6.07, 6.45) is 2.75. The summed E-state index contributed by atoms with van der Waals surface area (Å²) in [5, 5.41) is 22.4. The topological polar surface area (TPSA) is 86.1 Å². The van der Waals surface area contributed by atoms with Crippen molar-refractivity contribution in [1.29, 1.82) is 0 Å². The minimum Gasteiger partial charge on any atom is -0.497 e. The van der Waals surface area contributed by atoms with Gasteiger partial charge in [0.15, 0.2) is 0 Å². The van der Waals surface area contributed by atoms with Crippen molar-refractivity contribution in [3.8, 4) is 5.75 Å². The van der Waals surface area contributed by atoms with E-state index in [1.807, 2.05) is 31.1 Å². The molecule has 0 spiro atoms. The first-order valence-corrected chi connectivity index (χ1v) is 13.5. The Kier molecular flexibility index (Phi) is 9.20. The molecule has 1 fully saturated rings. The lowest BCUT2D eigenvalue weighted by Gasteiger charge is -2.39. The second kappa shape index (κ2) is 12.4. The van der Waals surface area contributed by atoms with Crippen molar-refractivity contribution < 1.29 is 32.9 Å². The Hall–Kier alpha value is -3.37. The molecule has 0 saturated carbocycles. The van der Waals surface area contributed by atoms with Gasteiger partial charge in [-0.15, -0.1) is 0 Å². The lowest BCUT2D eigenvalue weighted by molar-refractivity contribution is -0.153. The summed E-state index contributed by atoms with van der Waals surface area (Å²) in [5.41, 5.74) is 1.03. The zero-order valence-corrected chi connectivity index (χ0v) is 23.1. The molecule has 3 aromatic rings. The molecule has 2 aromatic carbocycles. The highest BCUT2D eigenvalue weighted by atomic mass is 19.1. The average molecular weight is 560 g/mol. The third-order valence-electron chi connectivity index (χ3n) is 8.08. The molecule has 2 N–H and O–H groups in total. The maximum atomic E-state index is 13.9. The normalized spacial score (nSPS) is 16.2. The number of aliphatic carboxylic acids is 1. The molecule has 1 aliphatic heterocycles. The van der Waals surface area contributed by atoms with Crippen LogP contribution in [0.3, 0.4) is 0 Å². The highest BCUT2D eigenvalue weighted by Crippen LogP contribution is 2.41. The van der Waals surface area contributed by atoms with E-state index in [1.54, 1.807) is 19.4 Å². The smallest absolute Gasteiger partial charge is 0.309 e. The number of methoxy groups -OCH3 is 1. The largest absolute Gasteiger partial charge is 0.497 e. The van der Waals surface area contributed by atoms with E-state index in [0.29, 0.717) is 74.3 Å². The highest BCUT2D eigenvalue weighted by Gasteiger charge is 2.41. The maximum absolute atomic E-state index is 13.9. The summed E-state index contributed by atoms with van der Waals surface area (Å²) in [7, 11) is 5.31. The summed E-state index contributed by atoms with van der Waals surface area (Å²) in [4.78, 5) is 20.9. The first-order valence-electron chi connectivity index (χ1n) is 13.5. The lowest BCUT2D eigenvalue weighted by Crippen LogP contribution is -2.44. The van der Waals surface area contributed by atoms with Gasteiger partial charge in [-0.1, -0.05) is 0 Å². The number of carboxylic acid groups (broad SMARTS) is 1. The van der Waals surface area contributed by atoms with Crippen LogP contribution < -0.4 is 9.64 Å². The molecule has 1 aromatic heterocycles. The molecule has 1 saturated heterocycles. The van der Waals surface area contributed by atoms with E-state index in [9.17, 15) is 28.2 Å². The molecular formula is C30H36F3N3O4. The van der Waals surface area contributed by atoms with E-state index in [4.69, 9.17) is 4.74 Å². The van der Waals surface area contributed by atoms with Gasteiger partial charge in [0.25, 0.3) is 0 Å². The lowest BCUT2D eigenvalue weighted by atomic mass is 9.74. The number of likely N-dealkylation sites (tertiary alicyclic amines) is 1. The van der Waals surface area contributed by atoms with E-state index in [0.717, 1.165) is 11.1 Å². The number of carbonyl (C=O) groups is 1. The van der Waals surface area contributed by atoms with Gasteiger partial charge < -0.3 is 24.7 Å². The van der Waals surface area contributed by atoms with E-state index >= 15 is 0 Å². The van der Waals surface area contributed by atoms with Crippen LogP contribution in [0.2, 0.25) is 0 Å². The summed E-state index contributed by atoms with van der Waals surface area (Å²) < 4.78 is 46.4. The minimum atomic E-state index is -0.981. The van der Waals surface area contributed by atoms with Crippen LogP contribution in [0.4, 0.5) is 18.9 Å². The van der Waals surface area contributed by atoms with Crippen molar-refractivity contribution >= 4 is 22.6 Å². The zero-order chi connectivity index (χ0) is 29.0. The van der Waals surface area contributed by atoms with E-state index in [-0.39, 0.29) is 18.4 Å². The van der Waals surface area contributed by atoms with Crippen LogP contribution >= 0.6 is 0 Å². The molecule has 0 aliphatic carbocycles. The highest BCUT2D eigenvalue weighted by molar-refractivity contribution is 5.88. The molecular weight excluding hydrogens is 523 g/mol. The third-order valence-corrected chi connectivity index (χ3v) is 8.08. The zero-order valence-electron chi connectivity index (χ0n) is 23.1. The van der Waals surface area contributed by atoms with Crippen molar-refractivity contribution in [3.63, 3.8) is 0 Å². The second-order valence-corrected chi connectivity index (χ2v) is 10.8. The SMILES string of the molecule is COc1ccc2ncc(N(C)C)c([C@@H](O)CCC3(C(=O)O)CCN(CCCc4c(F)cc(F)cc4F)CC3)c2c1. The number of fused-ring (bicyclic) bond motifs is 1. The number of aliphatic hydroxyl groups is 1. The monoisotopic (exact) mass is 559 g/mol. The number of piperidine rings is 1. The quantitative estimate of drug-likeness (QED) is 0.328. The minimum absolute atomic E-state index is 0.129. The number of nitrogens with zero attached hydrogens (tertiary/aromatic N) is 3. The summed E-state index contributed by atoms with van der Waals surface area (Å²) in [6, 6.07) is 6.84. The number of aromatic nitrogens is 1. The number of carboxylic acids is 1. The number of hydrogen-bond acceptors (Lipinski definition) is 6. The van der Waals surface area contributed by atoms with E-state index < -0.39 is 34.9 Å². The number of aliphatic hydroxyl groups excluding tert-OH is 1. The summed E-state index contributed by atoms with van der Waals surface area (Å²) in [5.74, 6) is -2.98. The van der Waals surface area contributed by atoms with Crippen LogP contribution in [0.15, 0.2) is 36.5 Å². The standard InChI is InChI=1S/C30H36F3N3O4/c1-35(2)26-18-34-25-7-6-20(40-3)17-22(25)28(26)27(37)8-9-30(29(38)39)10-13-36(14-11-30)12-4-5-21-23(32)15-19(31)16-24(21)33/h6-7,15-18,27,37H,4-5,8-14H2,1-3H3,(H,38,39)/t27-/m0/s1. The molecule has 4 rings (SSSR count). The Labute approximate surface area is 232 Å². The molecule has 216 valence electrons. The first kappa shape index (κ1) is 29.6. The Morgan fingerprint density at radius 1 is 1.15 bits per heavy atom. The van der Waals surface area contributed by atoms with Crippen LogP contribution in [0.1, 0.15) is 49.3 Å². The molecule has 0 radical (unpaired) electrons. The van der Waals surface area contributed by atoms with Crippen LogP contribution in [0, 0.1) is 22.9 Å². The first-order chi connectivity index (χ1) is 19.0. The van der Waals surface area contributed by atoms with Gasteiger partial charge in [-0.25, -0.2) is 13.2 Å². The Morgan fingerprint density at radius 3 is 2.42 bits per heavy atom. The molecule has 40 heavy (non-hydrogen) atoms. The Balaban J connectivity index is 1.41. The predicted octanol–water partition coefficient (Wildman–Crippen LogP) is 5.34. The van der Waals surface area contributed by atoms with Crippen molar-refractivity contribution in [2.45, 2.75) is 44.6 Å². The van der Waals surface area contributed by atoms with Gasteiger partial charge in [0, 0.05) is 42.7 Å². The van der Waals surface area contributed by atoms with Crippen molar-refractivity contribution in [2.24, 2.45) is 5.41 Å². The van der Waals surface area contributed by atoms with Gasteiger partial charge in [0.05, 0.1) is 36.0 Å².